The molecule has 0 spiro atoms. The fourth-order valence-corrected chi connectivity index (χ4v) is 2.23. The zero-order valence-electron chi connectivity index (χ0n) is 11.3. The lowest BCUT2D eigenvalue weighted by atomic mass is 10.2. The van der Waals surface area contributed by atoms with E-state index in [1.165, 1.54) is 25.7 Å². The fraction of sp³-hybridized carbons (Fsp3) is 0.923. The minimum Gasteiger partial charge on any atom is -0.356 e. The van der Waals surface area contributed by atoms with Crippen LogP contribution in [0.15, 0.2) is 0 Å². The van der Waals surface area contributed by atoms with Crippen LogP contribution in [0.5, 0.6) is 0 Å². The molecule has 0 aromatic heterocycles. The van der Waals surface area contributed by atoms with Crippen LogP contribution in [0, 0.1) is 0 Å². The van der Waals surface area contributed by atoms with Gasteiger partial charge in [0.25, 0.3) is 0 Å². The van der Waals surface area contributed by atoms with Gasteiger partial charge in [0.15, 0.2) is 0 Å². The van der Waals surface area contributed by atoms with Gasteiger partial charge < -0.3 is 15.5 Å². The number of hydrogen-bond donors (Lipinski definition) is 2. The molecule has 0 atom stereocenters. The van der Waals surface area contributed by atoms with Gasteiger partial charge in [-0.05, 0) is 39.9 Å². The van der Waals surface area contributed by atoms with Crippen molar-refractivity contribution in [3.63, 3.8) is 0 Å². The Balaban J connectivity index is 1.90. The van der Waals surface area contributed by atoms with Crippen LogP contribution in [-0.2, 0) is 4.79 Å². The minimum absolute atomic E-state index is 0.175. The first kappa shape index (κ1) is 14.5. The van der Waals surface area contributed by atoms with Crippen molar-refractivity contribution in [3.05, 3.63) is 0 Å². The van der Waals surface area contributed by atoms with Crippen LogP contribution in [0.4, 0.5) is 0 Å². The highest BCUT2D eigenvalue weighted by Gasteiger charge is 2.13. The Morgan fingerprint density at radius 2 is 1.94 bits per heavy atom. The first-order valence-corrected chi connectivity index (χ1v) is 6.83. The van der Waals surface area contributed by atoms with E-state index in [0.717, 1.165) is 26.1 Å². The molecule has 2 N–H and O–H groups in total. The lowest BCUT2D eigenvalue weighted by Gasteiger charge is -2.12. The fourth-order valence-electron chi connectivity index (χ4n) is 2.23. The third-order valence-electron chi connectivity index (χ3n) is 3.24. The molecular formula is C13H27N3O. The molecule has 4 nitrogen and oxygen atoms in total. The van der Waals surface area contributed by atoms with Crippen molar-refractivity contribution in [1.82, 2.24) is 15.5 Å². The van der Waals surface area contributed by atoms with Crippen LogP contribution in [0.1, 0.15) is 38.5 Å². The maximum Gasteiger partial charge on any atom is 0.221 e. The summed E-state index contributed by atoms with van der Waals surface area (Å²) in [7, 11) is 4.10. The Labute approximate surface area is 105 Å². The van der Waals surface area contributed by atoms with Crippen LogP contribution in [0.2, 0.25) is 0 Å². The van der Waals surface area contributed by atoms with E-state index in [2.05, 4.69) is 15.5 Å². The Kier molecular flexibility index (Phi) is 7.21. The number of hydrogen-bond acceptors (Lipinski definition) is 3. The summed E-state index contributed by atoms with van der Waals surface area (Å²) in [4.78, 5) is 13.6. The summed E-state index contributed by atoms with van der Waals surface area (Å²) in [6.07, 6.45) is 6.88. The van der Waals surface area contributed by atoms with Gasteiger partial charge in [0.05, 0.1) is 0 Å². The van der Waals surface area contributed by atoms with Gasteiger partial charge in [-0.2, -0.15) is 0 Å². The topological polar surface area (TPSA) is 44.4 Å². The minimum atomic E-state index is 0.175. The summed E-state index contributed by atoms with van der Waals surface area (Å²) < 4.78 is 0. The first-order valence-electron chi connectivity index (χ1n) is 6.83. The molecule has 0 aliphatic heterocycles. The molecule has 1 rings (SSSR count). The Morgan fingerprint density at radius 1 is 1.24 bits per heavy atom. The van der Waals surface area contributed by atoms with Gasteiger partial charge in [-0.1, -0.05) is 12.8 Å². The number of rotatable bonds is 8. The summed E-state index contributed by atoms with van der Waals surface area (Å²) in [5, 5.41) is 6.41. The van der Waals surface area contributed by atoms with Crippen LogP contribution in [0.3, 0.4) is 0 Å². The van der Waals surface area contributed by atoms with Gasteiger partial charge in [0.1, 0.15) is 0 Å². The number of amides is 1. The summed E-state index contributed by atoms with van der Waals surface area (Å²) in [5.41, 5.74) is 0. The van der Waals surface area contributed by atoms with Crippen molar-refractivity contribution in [2.75, 3.05) is 33.7 Å². The molecule has 0 heterocycles. The van der Waals surface area contributed by atoms with E-state index in [9.17, 15) is 4.79 Å². The quantitative estimate of drug-likeness (QED) is 0.623. The second-order valence-electron chi connectivity index (χ2n) is 5.19. The zero-order chi connectivity index (χ0) is 12.5. The molecule has 1 aliphatic carbocycles. The molecule has 1 aliphatic rings. The Hall–Kier alpha value is -0.610. The third kappa shape index (κ3) is 7.34. The normalized spacial score (nSPS) is 16.6. The molecule has 0 radical (unpaired) electrons. The van der Waals surface area contributed by atoms with Gasteiger partial charge >= 0.3 is 0 Å². The smallest absolute Gasteiger partial charge is 0.221 e. The van der Waals surface area contributed by atoms with Gasteiger partial charge in [-0.25, -0.2) is 0 Å². The van der Waals surface area contributed by atoms with Crippen molar-refractivity contribution in [1.29, 1.82) is 0 Å². The molecule has 0 bridgehead atoms. The van der Waals surface area contributed by atoms with E-state index >= 15 is 0 Å². The second kappa shape index (κ2) is 8.48. The molecule has 4 heteroatoms. The standard InChI is InChI=1S/C13H27N3O/c1-16(2)11-5-9-15-13(17)8-10-14-12-6-3-4-7-12/h12,14H,3-11H2,1-2H3,(H,15,17). The average Bonchev–Trinajstić information content (AvgIpc) is 2.77. The van der Waals surface area contributed by atoms with Crippen molar-refractivity contribution in [3.8, 4) is 0 Å². The monoisotopic (exact) mass is 241 g/mol. The summed E-state index contributed by atoms with van der Waals surface area (Å²) >= 11 is 0. The molecule has 0 saturated heterocycles. The van der Waals surface area contributed by atoms with Crippen LogP contribution < -0.4 is 10.6 Å². The SMILES string of the molecule is CN(C)CCCNC(=O)CCNC1CCCC1. The maximum absolute atomic E-state index is 11.5. The van der Waals surface area contributed by atoms with Crippen LogP contribution in [-0.4, -0.2) is 50.6 Å². The second-order valence-corrected chi connectivity index (χ2v) is 5.19. The van der Waals surface area contributed by atoms with E-state index in [4.69, 9.17) is 0 Å². The average molecular weight is 241 g/mol. The van der Waals surface area contributed by atoms with E-state index in [0.29, 0.717) is 12.5 Å². The van der Waals surface area contributed by atoms with E-state index in [1.54, 1.807) is 0 Å². The van der Waals surface area contributed by atoms with Crippen molar-refractivity contribution in [2.24, 2.45) is 0 Å². The molecular weight excluding hydrogens is 214 g/mol. The summed E-state index contributed by atoms with van der Waals surface area (Å²) in [6, 6.07) is 0.663. The largest absolute Gasteiger partial charge is 0.356 e. The molecule has 0 aromatic carbocycles. The number of carbonyl (C=O) groups is 1. The van der Waals surface area contributed by atoms with Crippen LogP contribution in [0.25, 0.3) is 0 Å². The highest BCUT2D eigenvalue weighted by molar-refractivity contribution is 5.75. The number of nitrogens with one attached hydrogen (secondary N) is 2. The van der Waals surface area contributed by atoms with Crippen LogP contribution >= 0.6 is 0 Å². The third-order valence-corrected chi connectivity index (χ3v) is 3.24. The van der Waals surface area contributed by atoms with Gasteiger partial charge in [-0.15, -0.1) is 0 Å². The molecule has 0 unspecified atom stereocenters. The highest BCUT2D eigenvalue weighted by Crippen LogP contribution is 2.17. The predicted octanol–water partition coefficient (Wildman–Crippen LogP) is 0.977. The Morgan fingerprint density at radius 3 is 2.59 bits per heavy atom. The molecule has 1 saturated carbocycles. The Bertz CT molecular complexity index is 213. The first-order chi connectivity index (χ1) is 8.18. The lowest BCUT2D eigenvalue weighted by Crippen LogP contribution is -2.33. The number of carbonyl (C=O) groups excluding carboxylic acids is 1. The molecule has 1 fully saturated rings. The summed E-state index contributed by atoms with van der Waals surface area (Å²) in [6.45, 7) is 2.64. The molecule has 100 valence electrons. The van der Waals surface area contributed by atoms with Gasteiger partial charge in [0, 0.05) is 25.6 Å². The highest BCUT2D eigenvalue weighted by atomic mass is 16.1. The predicted molar refractivity (Wildman–Crippen MR) is 71.1 cm³/mol. The van der Waals surface area contributed by atoms with Crippen molar-refractivity contribution < 1.29 is 4.79 Å². The van der Waals surface area contributed by atoms with E-state index in [-0.39, 0.29) is 5.91 Å². The summed E-state index contributed by atoms with van der Waals surface area (Å²) in [5.74, 6) is 0.175. The van der Waals surface area contributed by atoms with Crippen molar-refractivity contribution >= 4 is 5.91 Å². The van der Waals surface area contributed by atoms with Gasteiger partial charge in [0.2, 0.25) is 5.91 Å². The zero-order valence-corrected chi connectivity index (χ0v) is 11.3. The molecule has 17 heavy (non-hydrogen) atoms. The lowest BCUT2D eigenvalue weighted by molar-refractivity contribution is -0.121. The van der Waals surface area contributed by atoms with Gasteiger partial charge in [-0.3, -0.25) is 4.79 Å². The van der Waals surface area contributed by atoms with E-state index < -0.39 is 0 Å². The number of nitrogens with zero attached hydrogens (tertiary/aromatic N) is 1. The van der Waals surface area contributed by atoms with Crippen molar-refractivity contribution in [2.45, 2.75) is 44.6 Å². The molecule has 0 aromatic rings. The van der Waals surface area contributed by atoms with E-state index in [1.807, 2.05) is 14.1 Å². The molecule has 1 amide bonds. The maximum atomic E-state index is 11.5.